The Balaban J connectivity index is -0.0000000171. The summed E-state index contributed by atoms with van der Waals surface area (Å²) in [7, 11) is 0. The molecule has 68 valence electrons. The van der Waals surface area contributed by atoms with E-state index >= 15 is 0 Å². The SMILES string of the molecule is [CH2-]CCC.[CH2-]CCC.[Cl-].[Cl-].[Sn+4]. The maximum Gasteiger partial charge on any atom is 4.00 e. The van der Waals surface area contributed by atoms with E-state index in [0.29, 0.717) is 0 Å². The Labute approximate surface area is 102 Å². The number of unbranched alkanes of at least 4 members (excludes halogenated alkanes) is 2. The van der Waals surface area contributed by atoms with Crippen molar-refractivity contribution in [3.8, 4) is 0 Å². The third kappa shape index (κ3) is 87.7. The fourth-order valence-corrected chi connectivity index (χ4v) is 0. The van der Waals surface area contributed by atoms with E-state index in [-0.39, 0.29) is 48.7 Å². The second-order valence-corrected chi connectivity index (χ2v) is 1.71. The second kappa shape index (κ2) is 42.4. The number of hydrogen-bond acceptors (Lipinski definition) is 0. The van der Waals surface area contributed by atoms with Crippen molar-refractivity contribution in [1.82, 2.24) is 0 Å². The molecule has 0 N–H and O–H groups in total. The first-order valence-electron chi connectivity index (χ1n) is 3.41. The molecular formula is C8H18Cl2Sn. The molecule has 0 unspecified atom stereocenters. The molecule has 0 aromatic heterocycles. The van der Waals surface area contributed by atoms with Crippen molar-refractivity contribution in [1.29, 1.82) is 0 Å². The van der Waals surface area contributed by atoms with Gasteiger partial charge in [-0.05, 0) is 0 Å². The smallest absolute Gasteiger partial charge is 1.00 e. The van der Waals surface area contributed by atoms with E-state index < -0.39 is 0 Å². The van der Waals surface area contributed by atoms with Gasteiger partial charge >= 0.3 is 23.9 Å². The Kier molecular flexibility index (Phi) is 113. The van der Waals surface area contributed by atoms with Crippen molar-refractivity contribution >= 4 is 23.9 Å². The van der Waals surface area contributed by atoms with Crippen LogP contribution in [0.5, 0.6) is 0 Å². The van der Waals surface area contributed by atoms with Crippen molar-refractivity contribution in [3.63, 3.8) is 0 Å². The summed E-state index contributed by atoms with van der Waals surface area (Å²) < 4.78 is 0. The topological polar surface area (TPSA) is 0 Å². The van der Waals surface area contributed by atoms with Crippen molar-refractivity contribution in [3.05, 3.63) is 13.8 Å². The molecule has 0 heterocycles. The zero-order valence-corrected chi connectivity index (χ0v) is 11.9. The van der Waals surface area contributed by atoms with Crippen LogP contribution >= 0.6 is 0 Å². The molecule has 0 radical (unpaired) electrons. The molecule has 0 nitrogen and oxygen atoms in total. The first-order chi connectivity index (χ1) is 3.83. The monoisotopic (exact) mass is 304 g/mol. The van der Waals surface area contributed by atoms with Crippen molar-refractivity contribution in [2.24, 2.45) is 0 Å². The average molecular weight is 304 g/mol. The fourth-order valence-electron chi connectivity index (χ4n) is 0. The summed E-state index contributed by atoms with van der Waals surface area (Å²) in [4.78, 5) is 0. The van der Waals surface area contributed by atoms with Crippen LogP contribution in [0.2, 0.25) is 0 Å². The van der Waals surface area contributed by atoms with Gasteiger partial charge < -0.3 is 38.7 Å². The summed E-state index contributed by atoms with van der Waals surface area (Å²) in [5.74, 6) is 0. The van der Waals surface area contributed by atoms with Gasteiger partial charge in [0, 0.05) is 0 Å². The molecule has 3 heteroatoms. The Hall–Kier alpha value is 1.38. The van der Waals surface area contributed by atoms with Gasteiger partial charge in [0.25, 0.3) is 0 Å². The molecule has 0 aliphatic heterocycles. The van der Waals surface area contributed by atoms with E-state index in [1.54, 1.807) is 0 Å². The van der Waals surface area contributed by atoms with Crippen molar-refractivity contribution in [2.45, 2.75) is 39.5 Å². The van der Waals surface area contributed by atoms with Crippen LogP contribution in [0, 0.1) is 13.8 Å². The molecule has 0 bridgehead atoms. The number of hydrogen-bond donors (Lipinski definition) is 0. The van der Waals surface area contributed by atoms with E-state index in [1.165, 1.54) is 12.8 Å². The molecule has 0 spiro atoms. The average Bonchev–Trinajstić information content (AvgIpc) is 1.88. The third-order valence-corrected chi connectivity index (χ3v) is 0.707. The van der Waals surface area contributed by atoms with Crippen LogP contribution in [-0.2, 0) is 0 Å². The third-order valence-electron chi connectivity index (χ3n) is 0.707. The van der Waals surface area contributed by atoms with Crippen LogP contribution in [0.4, 0.5) is 0 Å². The number of rotatable bonds is 2. The van der Waals surface area contributed by atoms with Gasteiger partial charge in [0.05, 0.1) is 0 Å². The molecule has 0 atom stereocenters. The van der Waals surface area contributed by atoms with E-state index in [4.69, 9.17) is 0 Å². The van der Waals surface area contributed by atoms with Crippen LogP contribution in [0.25, 0.3) is 0 Å². The van der Waals surface area contributed by atoms with E-state index in [1.807, 2.05) is 0 Å². The van der Waals surface area contributed by atoms with Crippen molar-refractivity contribution < 1.29 is 24.8 Å². The number of halogens is 2. The molecule has 0 aliphatic carbocycles. The van der Waals surface area contributed by atoms with E-state index in [2.05, 4.69) is 27.7 Å². The molecule has 0 aromatic rings. The van der Waals surface area contributed by atoms with Crippen LogP contribution in [0.15, 0.2) is 0 Å². The Morgan fingerprint density at radius 3 is 0.909 bits per heavy atom. The predicted molar refractivity (Wildman–Crippen MR) is 46.3 cm³/mol. The van der Waals surface area contributed by atoms with Gasteiger partial charge in [-0.1, -0.05) is 26.7 Å². The molecule has 0 aromatic carbocycles. The Morgan fingerprint density at radius 2 is 0.909 bits per heavy atom. The maximum absolute atomic E-state index is 3.60. The molecule has 0 fully saturated rings. The van der Waals surface area contributed by atoms with Gasteiger partial charge in [0.2, 0.25) is 0 Å². The normalized spacial score (nSPS) is 5.45. The molecule has 0 aliphatic rings. The maximum atomic E-state index is 3.60. The largest absolute Gasteiger partial charge is 4.00 e. The summed E-state index contributed by atoms with van der Waals surface area (Å²) in [6, 6.07) is 0. The van der Waals surface area contributed by atoms with Gasteiger partial charge in [0.1, 0.15) is 0 Å². The predicted octanol–water partition coefficient (Wildman–Crippen LogP) is -3.13. The van der Waals surface area contributed by atoms with Crippen LogP contribution in [0.1, 0.15) is 39.5 Å². The Morgan fingerprint density at radius 1 is 0.818 bits per heavy atom. The van der Waals surface area contributed by atoms with Gasteiger partial charge in [-0.2, -0.15) is 12.8 Å². The molecule has 0 rings (SSSR count). The van der Waals surface area contributed by atoms with Crippen LogP contribution in [-0.4, -0.2) is 23.9 Å². The van der Waals surface area contributed by atoms with Gasteiger partial charge in [0.15, 0.2) is 0 Å². The van der Waals surface area contributed by atoms with Gasteiger partial charge in [-0.15, -0.1) is 0 Å². The van der Waals surface area contributed by atoms with Crippen LogP contribution in [0.3, 0.4) is 0 Å². The zero-order chi connectivity index (χ0) is 6.83. The minimum absolute atomic E-state index is 0. The quantitative estimate of drug-likeness (QED) is 0.374. The minimum atomic E-state index is 0. The standard InChI is InChI=1S/2C4H9.2ClH.Sn/c2*1-3-4-2;;;/h2*1,3-4H2,2H3;2*1H;/q2*-1;;;+4/p-2. The zero-order valence-electron chi connectivity index (χ0n) is 7.50. The fraction of sp³-hybridized carbons (Fsp3) is 0.750. The second-order valence-electron chi connectivity index (χ2n) is 1.71. The molecule has 0 amide bonds. The minimum Gasteiger partial charge on any atom is -1.00 e. The molecular weight excluding hydrogens is 286 g/mol. The van der Waals surface area contributed by atoms with Gasteiger partial charge in [-0.3, -0.25) is 0 Å². The molecule has 0 saturated heterocycles. The Bertz CT molecular complexity index is 20.1. The van der Waals surface area contributed by atoms with E-state index in [0.717, 1.165) is 12.8 Å². The summed E-state index contributed by atoms with van der Waals surface area (Å²) in [6.07, 6.45) is 4.56. The summed E-state index contributed by atoms with van der Waals surface area (Å²) >= 11 is 0. The first kappa shape index (κ1) is 29.4. The first-order valence-corrected chi connectivity index (χ1v) is 3.41. The molecule has 0 saturated carbocycles. The summed E-state index contributed by atoms with van der Waals surface area (Å²) in [5, 5.41) is 0. The summed E-state index contributed by atoms with van der Waals surface area (Å²) in [6.45, 7) is 11.4. The van der Waals surface area contributed by atoms with E-state index in [9.17, 15) is 0 Å². The van der Waals surface area contributed by atoms with Crippen molar-refractivity contribution in [2.75, 3.05) is 0 Å². The van der Waals surface area contributed by atoms with Crippen LogP contribution < -0.4 is 24.8 Å². The molecule has 11 heavy (non-hydrogen) atoms. The van der Waals surface area contributed by atoms with Gasteiger partial charge in [-0.25, -0.2) is 0 Å². The summed E-state index contributed by atoms with van der Waals surface area (Å²) in [5.41, 5.74) is 0.